The molecule has 13 aromatic rings. The first-order chi connectivity index (χ1) is 31.2. The molecule has 9 aromatic carbocycles. The Bertz CT molecular complexity index is 3900. The van der Waals surface area contributed by atoms with Crippen LogP contribution < -0.4 is 0 Å². The van der Waals surface area contributed by atoms with Crippen molar-refractivity contribution in [1.29, 1.82) is 0 Å². The molecule has 0 aliphatic rings. The van der Waals surface area contributed by atoms with Crippen LogP contribution in [0.4, 0.5) is 0 Å². The van der Waals surface area contributed by atoms with Gasteiger partial charge in [0.1, 0.15) is 11.2 Å². The first-order valence-corrected chi connectivity index (χ1v) is 21.9. The van der Waals surface area contributed by atoms with Crippen molar-refractivity contribution in [2.24, 2.45) is 0 Å². The van der Waals surface area contributed by atoms with Gasteiger partial charge in [0.05, 0.1) is 11.0 Å². The lowest BCUT2D eigenvalue weighted by molar-refractivity contribution is 0.669. The third kappa shape index (κ3) is 5.87. The fourth-order valence-corrected chi connectivity index (χ4v) is 10.4. The summed E-state index contributed by atoms with van der Waals surface area (Å²) < 4.78 is 11.2. The molecule has 0 aliphatic carbocycles. The molecule has 63 heavy (non-hydrogen) atoms. The Morgan fingerprint density at radius 3 is 1.65 bits per heavy atom. The molecule has 0 amide bonds. The van der Waals surface area contributed by atoms with Crippen LogP contribution in [0.1, 0.15) is 0 Å². The zero-order valence-corrected chi connectivity index (χ0v) is 34.6. The van der Waals surface area contributed by atoms with Crippen molar-refractivity contribution < 1.29 is 4.42 Å². The van der Waals surface area contributed by atoms with Crippen LogP contribution in [0, 0.1) is 0 Å². The molecule has 0 bridgehead atoms. The van der Waals surface area contributed by atoms with Crippen LogP contribution in [0.3, 0.4) is 0 Å². The summed E-state index contributed by atoms with van der Waals surface area (Å²) in [6.07, 6.45) is 0. The lowest BCUT2D eigenvalue weighted by Crippen LogP contribution is -2.00. The highest BCUT2D eigenvalue weighted by Gasteiger charge is 2.20. The highest BCUT2D eigenvalue weighted by atomic mass is 32.1. The topological polar surface area (TPSA) is 56.7 Å². The number of fused-ring (bicyclic) bond motifs is 9. The number of hydrogen-bond donors (Lipinski definition) is 0. The Kier molecular flexibility index (Phi) is 8.01. The van der Waals surface area contributed by atoms with Gasteiger partial charge in [-0.15, -0.1) is 11.3 Å². The Balaban J connectivity index is 1.03. The van der Waals surface area contributed by atoms with E-state index in [-0.39, 0.29) is 0 Å². The average molecular weight is 823 g/mol. The van der Waals surface area contributed by atoms with Crippen LogP contribution in [-0.4, -0.2) is 19.5 Å². The van der Waals surface area contributed by atoms with Crippen molar-refractivity contribution in [2.45, 2.75) is 0 Å². The van der Waals surface area contributed by atoms with Crippen LogP contribution in [0.15, 0.2) is 211 Å². The smallest absolute Gasteiger partial charge is 0.164 e. The van der Waals surface area contributed by atoms with Gasteiger partial charge in [-0.2, -0.15) is 0 Å². The van der Waals surface area contributed by atoms with Gasteiger partial charge in [-0.05, 0) is 95.1 Å². The maximum absolute atomic E-state index is 6.37. The average Bonchev–Trinajstić information content (AvgIpc) is 4.03. The maximum atomic E-state index is 6.37. The third-order valence-electron chi connectivity index (χ3n) is 12.3. The van der Waals surface area contributed by atoms with E-state index in [2.05, 4.69) is 193 Å². The molecular weight excluding hydrogens is 789 g/mol. The summed E-state index contributed by atoms with van der Waals surface area (Å²) in [5.41, 5.74) is 12.4. The quantitative estimate of drug-likeness (QED) is 0.168. The molecule has 0 aliphatic heterocycles. The number of thiophene rings is 1. The lowest BCUT2D eigenvalue weighted by atomic mass is 10.0. The molecule has 0 saturated heterocycles. The second kappa shape index (κ2) is 14.2. The van der Waals surface area contributed by atoms with Crippen LogP contribution in [0.25, 0.3) is 126 Å². The minimum Gasteiger partial charge on any atom is -0.456 e. The maximum Gasteiger partial charge on any atom is 0.164 e. The first kappa shape index (κ1) is 35.6. The van der Waals surface area contributed by atoms with Gasteiger partial charge >= 0.3 is 0 Å². The van der Waals surface area contributed by atoms with Crippen molar-refractivity contribution in [3.63, 3.8) is 0 Å². The summed E-state index contributed by atoms with van der Waals surface area (Å²) in [7, 11) is 0. The molecule has 5 nitrogen and oxygen atoms in total. The van der Waals surface area contributed by atoms with Gasteiger partial charge in [0, 0.05) is 64.1 Å². The van der Waals surface area contributed by atoms with Crippen LogP contribution in [-0.2, 0) is 0 Å². The predicted octanol–water partition coefficient (Wildman–Crippen LogP) is 15.6. The summed E-state index contributed by atoms with van der Waals surface area (Å²) in [5.74, 6) is 1.81. The molecule has 0 atom stereocenters. The SMILES string of the molecule is c1ccc(-c2ccc(-n3c4ccc(-c5ccccc5)cc4c4cc(-c5nc(-c6ccc7c(c6)oc6ccccc67)nc(-c6cccc7sc8ccccc8c67)n5)ccc43)cc2)cc1. The molecule has 0 saturated carbocycles. The molecule has 13 rings (SSSR count). The van der Waals surface area contributed by atoms with Crippen molar-refractivity contribution in [2.75, 3.05) is 0 Å². The molecule has 0 N–H and O–H groups in total. The highest BCUT2D eigenvalue weighted by molar-refractivity contribution is 7.25. The number of aromatic nitrogens is 4. The zero-order chi connectivity index (χ0) is 41.4. The Hall–Kier alpha value is -8.19. The Morgan fingerprint density at radius 1 is 0.349 bits per heavy atom. The molecule has 4 aromatic heterocycles. The van der Waals surface area contributed by atoms with E-state index in [0.29, 0.717) is 17.5 Å². The van der Waals surface area contributed by atoms with E-state index in [0.717, 1.165) is 77.1 Å². The van der Waals surface area contributed by atoms with E-state index in [1.807, 2.05) is 18.2 Å². The van der Waals surface area contributed by atoms with Crippen molar-refractivity contribution in [3.8, 4) is 62.1 Å². The van der Waals surface area contributed by atoms with Gasteiger partial charge in [-0.3, -0.25) is 0 Å². The molecule has 0 fully saturated rings. The number of rotatable bonds is 6. The number of furan rings is 1. The predicted molar refractivity (Wildman–Crippen MR) is 262 cm³/mol. The van der Waals surface area contributed by atoms with Crippen LogP contribution in [0.5, 0.6) is 0 Å². The number of benzene rings is 9. The van der Waals surface area contributed by atoms with E-state index in [1.54, 1.807) is 11.3 Å². The number of para-hydroxylation sites is 1. The zero-order valence-electron chi connectivity index (χ0n) is 33.7. The summed E-state index contributed by atoms with van der Waals surface area (Å²) in [6.45, 7) is 0. The van der Waals surface area contributed by atoms with Crippen LogP contribution >= 0.6 is 11.3 Å². The summed E-state index contributed by atoms with van der Waals surface area (Å²) in [5, 5.41) is 6.76. The number of hydrogen-bond acceptors (Lipinski definition) is 5. The molecule has 4 heterocycles. The van der Waals surface area contributed by atoms with Gasteiger partial charge in [-0.1, -0.05) is 133 Å². The largest absolute Gasteiger partial charge is 0.456 e. The van der Waals surface area contributed by atoms with Gasteiger partial charge in [-0.25, -0.2) is 15.0 Å². The second-order valence-corrected chi connectivity index (χ2v) is 17.1. The Morgan fingerprint density at radius 2 is 0.889 bits per heavy atom. The monoisotopic (exact) mass is 822 g/mol. The third-order valence-corrected chi connectivity index (χ3v) is 13.4. The van der Waals surface area contributed by atoms with Crippen molar-refractivity contribution in [1.82, 2.24) is 19.5 Å². The molecule has 294 valence electrons. The van der Waals surface area contributed by atoms with E-state index >= 15 is 0 Å². The second-order valence-electron chi connectivity index (χ2n) is 16.0. The standard InChI is InChI=1S/C57H34N4OS/c1-3-12-35(13-4-1)37-22-27-41(28-23-37)61-48-30-25-38(36-14-5-2-6-15-36)32-46(48)47-33-39(26-31-49(47)61)55-58-56(40-24-29-43-42-16-7-9-19-50(42)62-51(43)34-40)60-57(59-55)45-18-11-21-53-54(45)44-17-8-10-20-52(44)63-53/h1-34H. The van der Waals surface area contributed by atoms with E-state index in [9.17, 15) is 0 Å². The number of nitrogens with zero attached hydrogens (tertiary/aromatic N) is 4. The first-order valence-electron chi connectivity index (χ1n) is 21.1. The van der Waals surface area contributed by atoms with Crippen molar-refractivity contribution >= 4 is 75.3 Å². The lowest BCUT2D eigenvalue weighted by Gasteiger charge is -2.11. The summed E-state index contributed by atoms with van der Waals surface area (Å²) in [4.78, 5) is 15.9. The normalized spacial score (nSPS) is 11.8. The summed E-state index contributed by atoms with van der Waals surface area (Å²) in [6, 6.07) is 72.8. The fraction of sp³-hybridized carbons (Fsp3) is 0. The minimum absolute atomic E-state index is 0.585. The molecular formula is C57H34N4OS. The summed E-state index contributed by atoms with van der Waals surface area (Å²) >= 11 is 1.79. The fourth-order valence-electron chi connectivity index (χ4n) is 9.26. The van der Waals surface area contributed by atoms with Gasteiger partial charge < -0.3 is 8.98 Å². The van der Waals surface area contributed by atoms with E-state index in [4.69, 9.17) is 19.4 Å². The van der Waals surface area contributed by atoms with Gasteiger partial charge in [0.2, 0.25) is 0 Å². The van der Waals surface area contributed by atoms with Crippen LogP contribution in [0.2, 0.25) is 0 Å². The molecule has 0 unspecified atom stereocenters. The van der Waals surface area contributed by atoms with E-state index < -0.39 is 0 Å². The molecule has 6 heteroatoms. The van der Waals surface area contributed by atoms with Crippen molar-refractivity contribution in [3.05, 3.63) is 206 Å². The van der Waals surface area contributed by atoms with E-state index in [1.165, 1.54) is 31.5 Å². The Labute approximate surface area is 365 Å². The van der Waals surface area contributed by atoms with Gasteiger partial charge in [0.15, 0.2) is 17.5 Å². The molecule has 0 spiro atoms. The minimum atomic E-state index is 0.585. The molecule has 0 radical (unpaired) electrons. The highest BCUT2D eigenvalue weighted by Crippen LogP contribution is 2.41. The van der Waals surface area contributed by atoms with Gasteiger partial charge in [0.25, 0.3) is 0 Å².